The molecule has 2 heterocycles. The normalized spacial score (nSPS) is 22.9. The molecule has 2 aliphatic rings. The number of furan rings is 1. The molecule has 2 aliphatic carbocycles. The van der Waals surface area contributed by atoms with Crippen molar-refractivity contribution in [2.75, 3.05) is 12.4 Å². The number of hydrogen-bond donors (Lipinski definition) is 3. The van der Waals surface area contributed by atoms with Gasteiger partial charge in [0.05, 0.1) is 7.11 Å². The van der Waals surface area contributed by atoms with Crippen LogP contribution in [0.1, 0.15) is 61.6 Å². The van der Waals surface area contributed by atoms with Crippen molar-refractivity contribution in [3.05, 3.63) is 76.4 Å². The second kappa shape index (κ2) is 14.8. The summed E-state index contributed by atoms with van der Waals surface area (Å²) in [6.07, 6.45) is 6.43. The number of methoxy groups -OCH3 is 1. The van der Waals surface area contributed by atoms with Gasteiger partial charge in [-0.25, -0.2) is 9.18 Å². The van der Waals surface area contributed by atoms with Gasteiger partial charge in [0.15, 0.2) is 5.76 Å². The van der Waals surface area contributed by atoms with E-state index >= 15 is 0 Å². The zero-order valence-electron chi connectivity index (χ0n) is 26.8. The van der Waals surface area contributed by atoms with Gasteiger partial charge in [0.25, 0.3) is 11.5 Å². The number of nitrogens with zero attached hydrogens (tertiary/aromatic N) is 1. The minimum Gasteiger partial charge on any atom is -0.466 e. The van der Waals surface area contributed by atoms with Gasteiger partial charge >= 0.3 is 5.97 Å². The molecule has 0 saturated heterocycles. The number of hydrogen-bond acceptors (Lipinski definition) is 7. The van der Waals surface area contributed by atoms with Crippen LogP contribution < -0.4 is 21.5 Å². The molecule has 5 rings (SSSR count). The number of aromatic nitrogens is 1. The van der Waals surface area contributed by atoms with E-state index in [0.29, 0.717) is 29.9 Å². The number of aryl methyl sites for hydroxylation is 1. The number of pyridine rings is 1. The third-order valence-corrected chi connectivity index (χ3v) is 9.28. The lowest BCUT2D eigenvalue weighted by molar-refractivity contribution is -0.134. The van der Waals surface area contributed by atoms with Crippen molar-refractivity contribution >= 4 is 40.3 Å². The average molecular weight is 649 g/mol. The van der Waals surface area contributed by atoms with Gasteiger partial charge in [0, 0.05) is 29.3 Å². The second-order valence-electron chi connectivity index (χ2n) is 12.7. The molecule has 0 radical (unpaired) electrons. The number of ether oxygens (including phenoxy) is 1. The Labute approximate surface area is 271 Å². The monoisotopic (exact) mass is 648 g/mol. The van der Waals surface area contributed by atoms with E-state index in [2.05, 4.69) is 27.6 Å². The molecule has 11 nitrogen and oxygen atoms in total. The highest BCUT2D eigenvalue weighted by atomic mass is 19.1. The molecule has 250 valence electrons. The topological polar surface area (TPSA) is 149 Å². The van der Waals surface area contributed by atoms with Gasteiger partial charge in [-0.2, -0.15) is 0 Å². The molecule has 0 spiro atoms. The molecular weight excluding hydrogens is 607 g/mol. The Morgan fingerprint density at radius 3 is 2.66 bits per heavy atom. The number of anilines is 1. The summed E-state index contributed by atoms with van der Waals surface area (Å²) in [5.74, 6) is -1.53. The number of benzene rings is 1. The van der Waals surface area contributed by atoms with Crippen LogP contribution in [0.2, 0.25) is 0 Å². The van der Waals surface area contributed by atoms with E-state index in [1.165, 1.54) is 42.2 Å². The van der Waals surface area contributed by atoms with E-state index in [4.69, 9.17) is 4.42 Å². The third kappa shape index (κ3) is 7.98. The molecule has 2 aromatic heterocycles. The molecule has 1 aromatic carbocycles. The van der Waals surface area contributed by atoms with E-state index in [0.717, 1.165) is 18.2 Å². The highest BCUT2D eigenvalue weighted by Gasteiger charge is 2.41. The number of fused-ring (bicyclic) bond motifs is 3. The fourth-order valence-electron chi connectivity index (χ4n) is 7.05. The van der Waals surface area contributed by atoms with Crippen molar-refractivity contribution < 1.29 is 32.7 Å². The van der Waals surface area contributed by atoms with E-state index < -0.39 is 35.6 Å². The molecular formula is C35H41FN4O7. The number of nitrogens with one attached hydrogen (secondary N) is 3. The number of allylic oxidation sites excluding steroid dienone is 1. The van der Waals surface area contributed by atoms with Crippen LogP contribution in [-0.2, 0) is 25.7 Å². The first-order chi connectivity index (χ1) is 22.5. The van der Waals surface area contributed by atoms with Gasteiger partial charge in [0.2, 0.25) is 11.8 Å². The maximum Gasteiger partial charge on any atom is 0.330 e. The van der Waals surface area contributed by atoms with E-state index in [1.807, 2.05) is 12.1 Å². The molecule has 0 aliphatic heterocycles. The standard InChI is InChI=1S/C35H41FN4O7/c1-20-15-22-16-23(18-24(36)17-22)31(20)39-29(41)19-40-14-8-11-27(35(40)45)38-33(43)26(10-5-7-13-30(42)46-3)37-34(44)32-21(2)25-9-4-6-12-28(25)47-32/h4,6-9,11-14,20,22-24,26,31H,5,10,15-19H2,1-3H3,(H,37,44)(H,38,43)(H,39,41)/b13-7+/t20?,22?,23?,24?,26-,31?/m0/s1. The predicted octanol–water partition coefficient (Wildman–Crippen LogP) is 4.43. The number of amides is 3. The molecule has 12 heteroatoms. The lowest BCUT2D eigenvalue weighted by Gasteiger charge is -2.45. The maximum atomic E-state index is 14.3. The van der Waals surface area contributed by atoms with Gasteiger partial charge in [-0.3, -0.25) is 19.2 Å². The predicted molar refractivity (Wildman–Crippen MR) is 173 cm³/mol. The first kappa shape index (κ1) is 33.6. The van der Waals surface area contributed by atoms with E-state index in [-0.39, 0.29) is 54.6 Å². The van der Waals surface area contributed by atoms with Crippen molar-refractivity contribution in [1.82, 2.24) is 15.2 Å². The number of halogens is 1. The number of esters is 1. The molecule has 2 bridgehead atoms. The van der Waals surface area contributed by atoms with Crippen molar-refractivity contribution in [3.63, 3.8) is 0 Å². The molecule has 2 fully saturated rings. The summed E-state index contributed by atoms with van der Waals surface area (Å²) in [6, 6.07) is 8.86. The lowest BCUT2D eigenvalue weighted by Crippen LogP contribution is -2.52. The number of rotatable bonds is 11. The van der Waals surface area contributed by atoms with Gasteiger partial charge in [-0.15, -0.1) is 0 Å². The summed E-state index contributed by atoms with van der Waals surface area (Å²) in [7, 11) is 1.25. The maximum absolute atomic E-state index is 14.3. The lowest BCUT2D eigenvalue weighted by atomic mass is 9.65. The number of carbonyl (C=O) groups excluding carboxylic acids is 4. The van der Waals surface area contributed by atoms with Gasteiger partial charge in [-0.1, -0.05) is 31.2 Å². The van der Waals surface area contributed by atoms with Crippen molar-refractivity contribution in [1.29, 1.82) is 0 Å². The Morgan fingerprint density at radius 1 is 1.11 bits per heavy atom. The van der Waals surface area contributed by atoms with Gasteiger partial charge in [0.1, 0.15) is 30.0 Å². The van der Waals surface area contributed by atoms with Crippen LogP contribution in [0, 0.1) is 24.7 Å². The smallest absolute Gasteiger partial charge is 0.330 e. The van der Waals surface area contributed by atoms with Crippen molar-refractivity contribution in [3.8, 4) is 0 Å². The second-order valence-corrected chi connectivity index (χ2v) is 12.7. The van der Waals surface area contributed by atoms with Crippen LogP contribution >= 0.6 is 0 Å². The fraction of sp³-hybridized carbons (Fsp3) is 0.457. The fourth-order valence-corrected chi connectivity index (χ4v) is 7.05. The van der Waals surface area contributed by atoms with Crippen LogP contribution in [0.4, 0.5) is 10.1 Å². The number of carbonyl (C=O) groups is 4. The Morgan fingerprint density at radius 2 is 1.89 bits per heavy atom. The quantitative estimate of drug-likeness (QED) is 0.206. The molecule has 6 atom stereocenters. The highest BCUT2D eigenvalue weighted by molar-refractivity contribution is 6.03. The summed E-state index contributed by atoms with van der Waals surface area (Å²) in [5, 5.41) is 9.10. The van der Waals surface area contributed by atoms with Gasteiger partial charge < -0.3 is 29.7 Å². The van der Waals surface area contributed by atoms with Crippen LogP contribution in [0.25, 0.3) is 11.0 Å². The molecule has 3 amide bonds. The SMILES string of the molecule is COC(=O)/C=C/CC[C@H](NC(=O)c1oc2ccccc2c1C)C(=O)Nc1cccn(CC(=O)NC2C(C)CC3CC(F)CC2C3)c1=O. The highest BCUT2D eigenvalue weighted by Crippen LogP contribution is 2.43. The Hall–Kier alpha value is -4.74. The first-order valence-electron chi connectivity index (χ1n) is 16.0. The van der Waals surface area contributed by atoms with Crippen LogP contribution in [0.3, 0.4) is 0 Å². The Kier molecular flexibility index (Phi) is 10.6. The summed E-state index contributed by atoms with van der Waals surface area (Å²) in [5.41, 5.74) is 0.468. The largest absolute Gasteiger partial charge is 0.466 e. The summed E-state index contributed by atoms with van der Waals surface area (Å²) in [6.45, 7) is 3.54. The molecule has 3 aromatic rings. The molecule has 3 N–H and O–H groups in total. The van der Waals surface area contributed by atoms with Crippen LogP contribution in [0.5, 0.6) is 0 Å². The summed E-state index contributed by atoms with van der Waals surface area (Å²) >= 11 is 0. The number of alkyl halides is 1. The summed E-state index contributed by atoms with van der Waals surface area (Å²) < 4.78 is 25.8. The van der Waals surface area contributed by atoms with Crippen LogP contribution in [0.15, 0.2) is 64.0 Å². The number of para-hydroxylation sites is 1. The summed E-state index contributed by atoms with van der Waals surface area (Å²) in [4.78, 5) is 64.7. The van der Waals surface area contributed by atoms with Crippen molar-refractivity contribution in [2.24, 2.45) is 17.8 Å². The molecule has 47 heavy (non-hydrogen) atoms. The van der Waals surface area contributed by atoms with Gasteiger partial charge in [-0.05, 0) is 81.4 Å². The van der Waals surface area contributed by atoms with E-state index in [9.17, 15) is 28.4 Å². The Balaban J connectivity index is 1.28. The Bertz CT molecular complexity index is 1730. The minimum atomic E-state index is -1.11. The molecule has 5 unspecified atom stereocenters. The molecule has 2 saturated carbocycles. The average Bonchev–Trinajstić information content (AvgIpc) is 3.38. The minimum absolute atomic E-state index is 0.0558. The van der Waals surface area contributed by atoms with Crippen molar-refractivity contribution in [2.45, 2.75) is 77.2 Å². The zero-order chi connectivity index (χ0) is 33.7. The van der Waals surface area contributed by atoms with E-state index in [1.54, 1.807) is 19.1 Å². The zero-order valence-corrected chi connectivity index (χ0v) is 26.8. The van der Waals surface area contributed by atoms with Crippen LogP contribution in [-0.4, -0.2) is 53.6 Å². The third-order valence-electron chi connectivity index (χ3n) is 9.28. The first-order valence-corrected chi connectivity index (χ1v) is 16.0.